The predicted molar refractivity (Wildman–Crippen MR) is 67.2 cm³/mol. The van der Waals surface area contributed by atoms with Gasteiger partial charge in [-0.1, -0.05) is 27.2 Å². The fraction of sp³-hybridized carbons (Fsp3) is 1.00. The lowest BCUT2D eigenvalue weighted by atomic mass is 10.0. The van der Waals surface area contributed by atoms with Crippen molar-refractivity contribution < 1.29 is 0 Å². The van der Waals surface area contributed by atoms with Gasteiger partial charge in [-0.2, -0.15) is 0 Å². The van der Waals surface area contributed by atoms with Crippen LogP contribution >= 0.6 is 0 Å². The molecule has 0 spiro atoms. The minimum absolute atomic E-state index is 0.704. The van der Waals surface area contributed by atoms with E-state index in [1.54, 1.807) is 0 Å². The van der Waals surface area contributed by atoms with E-state index < -0.39 is 0 Å². The SMILES string of the molecule is CCC(NCCN1CCCCC1)C(C)C. The monoisotopic (exact) mass is 212 g/mol. The van der Waals surface area contributed by atoms with Crippen LogP contribution in [0.15, 0.2) is 0 Å². The molecular weight excluding hydrogens is 184 g/mol. The van der Waals surface area contributed by atoms with E-state index in [-0.39, 0.29) is 0 Å². The molecule has 1 heterocycles. The van der Waals surface area contributed by atoms with Gasteiger partial charge in [0.2, 0.25) is 0 Å². The van der Waals surface area contributed by atoms with E-state index in [9.17, 15) is 0 Å². The van der Waals surface area contributed by atoms with Crippen molar-refractivity contribution in [1.82, 2.24) is 10.2 Å². The quantitative estimate of drug-likeness (QED) is 0.728. The van der Waals surface area contributed by atoms with Crippen LogP contribution in [0.1, 0.15) is 46.5 Å². The molecule has 1 fully saturated rings. The van der Waals surface area contributed by atoms with E-state index in [4.69, 9.17) is 0 Å². The van der Waals surface area contributed by atoms with Crippen LogP contribution in [0.5, 0.6) is 0 Å². The molecule has 0 amide bonds. The fourth-order valence-corrected chi connectivity index (χ4v) is 2.44. The van der Waals surface area contributed by atoms with E-state index in [0.29, 0.717) is 6.04 Å². The third-order valence-corrected chi connectivity index (χ3v) is 3.53. The van der Waals surface area contributed by atoms with Gasteiger partial charge in [0.05, 0.1) is 0 Å². The van der Waals surface area contributed by atoms with Crippen LogP contribution in [0.25, 0.3) is 0 Å². The molecule has 0 radical (unpaired) electrons. The largest absolute Gasteiger partial charge is 0.312 e. The van der Waals surface area contributed by atoms with Gasteiger partial charge in [-0.05, 0) is 38.3 Å². The summed E-state index contributed by atoms with van der Waals surface area (Å²) in [6, 6.07) is 0.704. The summed E-state index contributed by atoms with van der Waals surface area (Å²) in [7, 11) is 0. The van der Waals surface area contributed by atoms with Crippen molar-refractivity contribution in [3.8, 4) is 0 Å². The number of piperidine rings is 1. The molecule has 2 nitrogen and oxygen atoms in total. The first kappa shape index (κ1) is 13.0. The minimum Gasteiger partial charge on any atom is -0.312 e. The molecule has 1 aliphatic rings. The maximum absolute atomic E-state index is 3.67. The van der Waals surface area contributed by atoms with Crippen molar-refractivity contribution in [2.24, 2.45) is 5.92 Å². The number of hydrogen-bond donors (Lipinski definition) is 1. The number of rotatable bonds is 6. The van der Waals surface area contributed by atoms with Crippen molar-refractivity contribution in [3.63, 3.8) is 0 Å². The Bertz CT molecular complexity index is 151. The molecule has 1 unspecified atom stereocenters. The topological polar surface area (TPSA) is 15.3 Å². The highest BCUT2D eigenvalue weighted by atomic mass is 15.1. The van der Waals surface area contributed by atoms with Crippen LogP contribution < -0.4 is 5.32 Å². The molecule has 2 heteroatoms. The minimum atomic E-state index is 0.704. The molecule has 0 saturated carbocycles. The summed E-state index contributed by atoms with van der Waals surface area (Å²) in [4.78, 5) is 2.60. The lowest BCUT2D eigenvalue weighted by Crippen LogP contribution is -2.40. The zero-order valence-electron chi connectivity index (χ0n) is 10.8. The molecular formula is C13H28N2. The zero-order valence-corrected chi connectivity index (χ0v) is 10.8. The molecule has 0 aromatic heterocycles. The van der Waals surface area contributed by atoms with Crippen molar-refractivity contribution in [2.45, 2.75) is 52.5 Å². The number of likely N-dealkylation sites (tertiary alicyclic amines) is 1. The van der Waals surface area contributed by atoms with Gasteiger partial charge in [-0.15, -0.1) is 0 Å². The molecule has 0 aromatic carbocycles. The first-order valence-corrected chi connectivity index (χ1v) is 6.69. The third-order valence-electron chi connectivity index (χ3n) is 3.53. The third kappa shape index (κ3) is 4.98. The summed E-state index contributed by atoms with van der Waals surface area (Å²) >= 11 is 0. The van der Waals surface area contributed by atoms with Crippen molar-refractivity contribution in [1.29, 1.82) is 0 Å². The lowest BCUT2D eigenvalue weighted by molar-refractivity contribution is 0.222. The molecule has 0 bridgehead atoms. The van der Waals surface area contributed by atoms with Crippen LogP contribution in [-0.2, 0) is 0 Å². The maximum Gasteiger partial charge on any atom is 0.0107 e. The number of hydrogen-bond acceptors (Lipinski definition) is 2. The Morgan fingerprint density at radius 2 is 1.80 bits per heavy atom. The summed E-state index contributed by atoms with van der Waals surface area (Å²) < 4.78 is 0. The number of nitrogens with one attached hydrogen (secondary N) is 1. The summed E-state index contributed by atoms with van der Waals surface area (Å²) in [5.74, 6) is 0.761. The van der Waals surface area contributed by atoms with E-state index in [1.165, 1.54) is 45.3 Å². The second-order valence-corrected chi connectivity index (χ2v) is 5.12. The summed E-state index contributed by atoms with van der Waals surface area (Å²) in [6.45, 7) is 11.9. The van der Waals surface area contributed by atoms with Gasteiger partial charge in [0, 0.05) is 19.1 Å². The Kier molecular flexibility index (Phi) is 6.26. The van der Waals surface area contributed by atoms with Gasteiger partial charge >= 0.3 is 0 Å². The molecule has 1 N–H and O–H groups in total. The highest BCUT2D eigenvalue weighted by Gasteiger charge is 2.12. The van der Waals surface area contributed by atoms with Crippen LogP contribution in [0.2, 0.25) is 0 Å². The molecule has 15 heavy (non-hydrogen) atoms. The maximum atomic E-state index is 3.67. The van der Waals surface area contributed by atoms with Crippen LogP contribution in [0.4, 0.5) is 0 Å². The number of nitrogens with zero attached hydrogens (tertiary/aromatic N) is 1. The summed E-state index contributed by atoms with van der Waals surface area (Å²) in [5, 5.41) is 3.67. The highest BCUT2D eigenvalue weighted by Crippen LogP contribution is 2.08. The van der Waals surface area contributed by atoms with Crippen molar-refractivity contribution >= 4 is 0 Å². The highest BCUT2D eigenvalue weighted by molar-refractivity contribution is 4.71. The Hall–Kier alpha value is -0.0800. The summed E-state index contributed by atoms with van der Waals surface area (Å²) in [6.07, 6.45) is 5.49. The smallest absolute Gasteiger partial charge is 0.0107 e. The Morgan fingerprint density at radius 3 is 2.33 bits per heavy atom. The van der Waals surface area contributed by atoms with E-state index in [2.05, 4.69) is 31.0 Å². The lowest BCUT2D eigenvalue weighted by Gasteiger charge is -2.28. The van der Waals surface area contributed by atoms with Gasteiger partial charge in [-0.25, -0.2) is 0 Å². The average molecular weight is 212 g/mol. The molecule has 1 aliphatic heterocycles. The molecule has 1 rings (SSSR count). The van der Waals surface area contributed by atoms with Crippen molar-refractivity contribution in [2.75, 3.05) is 26.2 Å². The standard InChI is InChI=1S/C13H28N2/c1-4-13(12(2)3)14-8-11-15-9-6-5-7-10-15/h12-14H,4-11H2,1-3H3. The summed E-state index contributed by atoms with van der Waals surface area (Å²) in [5.41, 5.74) is 0. The van der Waals surface area contributed by atoms with E-state index >= 15 is 0 Å². The van der Waals surface area contributed by atoms with Gasteiger partial charge in [0.1, 0.15) is 0 Å². The van der Waals surface area contributed by atoms with Crippen LogP contribution in [0.3, 0.4) is 0 Å². The van der Waals surface area contributed by atoms with Gasteiger partial charge in [-0.3, -0.25) is 0 Å². The molecule has 90 valence electrons. The zero-order chi connectivity index (χ0) is 11.1. The first-order chi connectivity index (χ1) is 7.24. The molecule has 0 aromatic rings. The van der Waals surface area contributed by atoms with E-state index in [1.807, 2.05) is 0 Å². The normalized spacial score (nSPS) is 20.8. The molecule has 1 saturated heterocycles. The first-order valence-electron chi connectivity index (χ1n) is 6.69. The van der Waals surface area contributed by atoms with E-state index in [0.717, 1.165) is 12.5 Å². The van der Waals surface area contributed by atoms with Gasteiger partial charge in [0.25, 0.3) is 0 Å². The average Bonchev–Trinajstić information content (AvgIpc) is 2.25. The predicted octanol–water partition coefficient (Wildman–Crippen LogP) is 2.50. The molecule has 0 aliphatic carbocycles. The molecule has 1 atom stereocenters. The van der Waals surface area contributed by atoms with Crippen LogP contribution in [0, 0.1) is 5.92 Å². The second kappa shape index (κ2) is 7.24. The fourth-order valence-electron chi connectivity index (χ4n) is 2.44. The Morgan fingerprint density at radius 1 is 1.13 bits per heavy atom. The van der Waals surface area contributed by atoms with Crippen LogP contribution in [-0.4, -0.2) is 37.1 Å². The van der Waals surface area contributed by atoms with Gasteiger partial charge in [0.15, 0.2) is 0 Å². The van der Waals surface area contributed by atoms with Gasteiger partial charge < -0.3 is 10.2 Å². The second-order valence-electron chi connectivity index (χ2n) is 5.12. The Labute approximate surface area is 95.4 Å². The Balaban J connectivity index is 2.08. The van der Waals surface area contributed by atoms with Crippen molar-refractivity contribution in [3.05, 3.63) is 0 Å².